The molecule has 0 radical (unpaired) electrons. The molecule has 1 aromatic rings. The van der Waals surface area contributed by atoms with Crippen molar-refractivity contribution in [3.05, 3.63) is 22.4 Å². The van der Waals surface area contributed by atoms with E-state index in [4.69, 9.17) is 0 Å². The third-order valence-corrected chi connectivity index (χ3v) is 3.76. The van der Waals surface area contributed by atoms with E-state index in [1.54, 1.807) is 11.3 Å². The van der Waals surface area contributed by atoms with Gasteiger partial charge >= 0.3 is 0 Å². The maximum atomic E-state index is 11.8. The Labute approximate surface area is 93.9 Å². The molecule has 2 N–H and O–H groups in total. The Morgan fingerprint density at radius 1 is 1.73 bits per heavy atom. The molecule has 3 nitrogen and oxygen atoms in total. The zero-order chi connectivity index (χ0) is 10.7. The van der Waals surface area contributed by atoms with Gasteiger partial charge in [0.15, 0.2) is 0 Å². The summed E-state index contributed by atoms with van der Waals surface area (Å²) in [7, 11) is 0. The summed E-state index contributed by atoms with van der Waals surface area (Å²) in [6, 6.07) is 4.21. The number of carbonyl (C=O) groups excluding carboxylic acids is 1. The maximum Gasteiger partial charge on any atom is 0.237 e. The zero-order valence-electron chi connectivity index (χ0n) is 8.82. The minimum atomic E-state index is 0.0208. The first-order valence-corrected chi connectivity index (χ1v) is 6.22. The van der Waals surface area contributed by atoms with Crippen LogP contribution in [0.5, 0.6) is 0 Å². The fourth-order valence-corrected chi connectivity index (χ4v) is 2.57. The van der Waals surface area contributed by atoms with Gasteiger partial charge in [0.1, 0.15) is 0 Å². The highest BCUT2D eigenvalue weighted by Gasteiger charge is 2.23. The normalized spacial score (nSPS) is 22.6. The first-order valence-electron chi connectivity index (χ1n) is 5.34. The fourth-order valence-electron chi connectivity index (χ4n) is 1.83. The molecule has 4 heteroatoms. The number of amides is 1. The topological polar surface area (TPSA) is 41.1 Å². The van der Waals surface area contributed by atoms with Gasteiger partial charge in [0.2, 0.25) is 5.91 Å². The average molecular weight is 224 g/mol. The third-order valence-electron chi connectivity index (χ3n) is 2.71. The van der Waals surface area contributed by atoms with E-state index in [0.29, 0.717) is 0 Å². The van der Waals surface area contributed by atoms with Gasteiger partial charge in [-0.3, -0.25) is 4.79 Å². The van der Waals surface area contributed by atoms with E-state index in [1.165, 1.54) is 4.88 Å². The molecule has 1 aliphatic heterocycles. The summed E-state index contributed by atoms with van der Waals surface area (Å²) >= 11 is 1.68. The number of nitrogens with one attached hydrogen (secondary N) is 2. The molecule has 2 atom stereocenters. The molecule has 1 fully saturated rings. The lowest BCUT2D eigenvalue weighted by atomic mass is 10.2. The summed E-state index contributed by atoms with van der Waals surface area (Å²) in [6.45, 7) is 2.99. The predicted molar refractivity (Wildman–Crippen MR) is 61.9 cm³/mol. The Morgan fingerprint density at radius 2 is 2.60 bits per heavy atom. The summed E-state index contributed by atoms with van der Waals surface area (Å²) in [5, 5.41) is 8.27. The second kappa shape index (κ2) is 4.77. The van der Waals surface area contributed by atoms with Gasteiger partial charge in [-0.1, -0.05) is 6.07 Å². The highest BCUT2D eigenvalue weighted by molar-refractivity contribution is 7.10. The Balaban J connectivity index is 1.88. The molecule has 0 bridgehead atoms. The van der Waals surface area contributed by atoms with Crippen LogP contribution in [0.25, 0.3) is 0 Å². The van der Waals surface area contributed by atoms with Crippen molar-refractivity contribution in [2.75, 3.05) is 6.54 Å². The quantitative estimate of drug-likeness (QED) is 0.820. The average Bonchev–Trinajstić information content (AvgIpc) is 2.91. The van der Waals surface area contributed by atoms with Crippen molar-refractivity contribution in [2.45, 2.75) is 31.8 Å². The molecule has 2 rings (SSSR count). The minimum Gasteiger partial charge on any atom is -0.347 e. The van der Waals surface area contributed by atoms with Crippen LogP contribution < -0.4 is 10.6 Å². The highest BCUT2D eigenvalue weighted by atomic mass is 32.1. The molecule has 0 aliphatic carbocycles. The van der Waals surface area contributed by atoms with Crippen LogP contribution in [0.4, 0.5) is 0 Å². The summed E-state index contributed by atoms with van der Waals surface area (Å²) in [5.74, 6) is 0.133. The predicted octanol–water partition coefficient (Wildman–Crippen LogP) is 1.68. The summed E-state index contributed by atoms with van der Waals surface area (Å²) in [6.07, 6.45) is 2.06. The molecular weight excluding hydrogens is 208 g/mol. The van der Waals surface area contributed by atoms with Crippen LogP contribution in [0.2, 0.25) is 0 Å². The highest BCUT2D eigenvalue weighted by Crippen LogP contribution is 2.18. The van der Waals surface area contributed by atoms with E-state index in [-0.39, 0.29) is 18.0 Å². The van der Waals surface area contributed by atoms with Crippen LogP contribution in [0, 0.1) is 0 Å². The molecule has 0 unspecified atom stereocenters. The monoisotopic (exact) mass is 224 g/mol. The maximum absolute atomic E-state index is 11.8. The molecule has 0 aromatic carbocycles. The molecule has 1 aromatic heterocycles. The van der Waals surface area contributed by atoms with E-state index in [1.807, 2.05) is 18.4 Å². The summed E-state index contributed by atoms with van der Waals surface area (Å²) in [4.78, 5) is 13.0. The third kappa shape index (κ3) is 2.58. The van der Waals surface area contributed by atoms with E-state index in [0.717, 1.165) is 19.4 Å². The lowest BCUT2D eigenvalue weighted by molar-refractivity contribution is -0.123. The van der Waals surface area contributed by atoms with Crippen LogP contribution in [-0.4, -0.2) is 18.5 Å². The van der Waals surface area contributed by atoms with Crippen LogP contribution in [0.3, 0.4) is 0 Å². The molecular formula is C11H16N2OS. The largest absolute Gasteiger partial charge is 0.347 e. The minimum absolute atomic E-state index is 0.0208. The molecule has 1 saturated heterocycles. The van der Waals surface area contributed by atoms with Gasteiger partial charge in [-0.15, -0.1) is 11.3 Å². The molecule has 0 saturated carbocycles. The van der Waals surface area contributed by atoms with E-state index >= 15 is 0 Å². The van der Waals surface area contributed by atoms with Gasteiger partial charge in [-0.25, -0.2) is 0 Å². The fraction of sp³-hybridized carbons (Fsp3) is 0.545. The van der Waals surface area contributed by atoms with Gasteiger partial charge in [0, 0.05) is 4.88 Å². The van der Waals surface area contributed by atoms with E-state index in [2.05, 4.69) is 16.7 Å². The molecule has 15 heavy (non-hydrogen) atoms. The lowest BCUT2D eigenvalue weighted by Gasteiger charge is -2.15. The second-order valence-electron chi connectivity index (χ2n) is 3.89. The summed E-state index contributed by atoms with van der Waals surface area (Å²) < 4.78 is 0. The number of hydrogen-bond donors (Lipinski definition) is 2. The molecule has 0 spiro atoms. The van der Waals surface area contributed by atoms with Crippen molar-refractivity contribution in [1.82, 2.24) is 10.6 Å². The SMILES string of the molecule is C[C@@H](NC(=O)[C@H]1CCCN1)c1cccs1. The molecule has 1 aliphatic rings. The number of rotatable bonds is 3. The standard InChI is InChI=1S/C11H16N2OS/c1-8(10-5-3-7-15-10)13-11(14)9-4-2-6-12-9/h3,5,7-9,12H,2,4,6H2,1H3,(H,13,14)/t8-,9-/m1/s1. The Kier molecular flexibility index (Phi) is 3.38. The van der Waals surface area contributed by atoms with Crippen molar-refractivity contribution >= 4 is 17.2 Å². The number of carbonyl (C=O) groups is 1. The summed E-state index contributed by atoms with van der Waals surface area (Å²) in [5.41, 5.74) is 0. The van der Waals surface area contributed by atoms with E-state index in [9.17, 15) is 4.79 Å². The van der Waals surface area contributed by atoms with Crippen LogP contribution >= 0.6 is 11.3 Å². The van der Waals surface area contributed by atoms with Crippen molar-refractivity contribution in [3.63, 3.8) is 0 Å². The smallest absolute Gasteiger partial charge is 0.237 e. The van der Waals surface area contributed by atoms with Crippen LogP contribution in [0.15, 0.2) is 17.5 Å². The van der Waals surface area contributed by atoms with Crippen molar-refractivity contribution in [1.29, 1.82) is 0 Å². The lowest BCUT2D eigenvalue weighted by Crippen LogP contribution is -2.41. The zero-order valence-corrected chi connectivity index (χ0v) is 9.64. The van der Waals surface area contributed by atoms with Gasteiger partial charge in [-0.05, 0) is 37.8 Å². The number of hydrogen-bond acceptors (Lipinski definition) is 3. The Bertz CT molecular complexity index is 317. The Morgan fingerprint density at radius 3 is 3.20 bits per heavy atom. The number of thiophene rings is 1. The Hall–Kier alpha value is -0.870. The van der Waals surface area contributed by atoms with Gasteiger partial charge < -0.3 is 10.6 Å². The molecule has 82 valence electrons. The molecule has 1 amide bonds. The van der Waals surface area contributed by atoms with Crippen molar-refractivity contribution in [2.24, 2.45) is 0 Å². The van der Waals surface area contributed by atoms with Crippen molar-refractivity contribution < 1.29 is 4.79 Å². The van der Waals surface area contributed by atoms with Crippen LogP contribution in [0.1, 0.15) is 30.7 Å². The molecule has 2 heterocycles. The van der Waals surface area contributed by atoms with Gasteiger partial charge in [0.25, 0.3) is 0 Å². The van der Waals surface area contributed by atoms with Crippen LogP contribution in [-0.2, 0) is 4.79 Å². The van der Waals surface area contributed by atoms with E-state index < -0.39 is 0 Å². The van der Waals surface area contributed by atoms with Gasteiger partial charge in [0.05, 0.1) is 12.1 Å². The first-order chi connectivity index (χ1) is 7.27. The first kappa shape index (κ1) is 10.6. The van der Waals surface area contributed by atoms with Crippen molar-refractivity contribution in [3.8, 4) is 0 Å². The second-order valence-corrected chi connectivity index (χ2v) is 4.87. The van der Waals surface area contributed by atoms with Gasteiger partial charge in [-0.2, -0.15) is 0 Å².